The quantitative estimate of drug-likeness (QED) is 0.0995. The van der Waals surface area contributed by atoms with Crippen LogP contribution in [0.25, 0.3) is 0 Å². The van der Waals surface area contributed by atoms with Crippen LogP contribution in [0.5, 0.6) is 0 Å². The maximum Gasteiger partial charge on any atom is 0.341 e. The van der Waals surface area contributed by atoms with Crippen molar-refractivity contribution in [3.05, 3.63) is 24.3 Å². The van der Waals surface area contributed by atoms with E-state index in [1.807, 2.05) is 0 Å². The van der Waals surface area contributed by atoms with E-state index in [0.29, 0.717) is 6.42 Å². The summed E-state index contributed by atoms with van der Waals surface area (Å²) in [5, 5.41) is 8.56. The first-order valence-corrected chi connectivity index (χ1v) is 10.8. The zero-order valence-electron chi connectivity index (χ0n) is 17.5. The van der Waals surface area contributed by atoms with Gasteiger partial charge >= 0.3 is 17.9 Å². The number of aliphatic carboxylic acids is 1. The zero-order chi connectivity index (χ0) is 21.0. The van der Waals surface area contributed by atoms with E-state index in [9.17, 15) is 14.4 Å². The maximum absolute atomic E-state index is 11.5. The van der Waals surface area contributed by atoms with Crippen LogP contribution in [0, 0.1) is 0 Å². The minimum atomic E-state index is -1.17. The minimum absolute atomic E-state index is 0.171. The monoisotopic (exact) mass is 394 g/mol. The van der Waals surface area contributed by atoms with E-state index in [4.69, 9.17) is 5.11 Å². The summed E-state index contributed by atoms with van der Waals surface area (Å²) in [7, 11) is 0. The first-order valence-electron chi connectivity index (χ1n) is 10.8. The van der Waals surface area contributed by atoms with Crippen LogP contribution in [0.4, 0.5) is 0 Å². The number of unbranched alkanes of at least 4 members (excludes halogenated alkanes) is 11. The molecule has 0 heterocycles. The molecule has 0 unspecified atom stereocenters. The number of hydrogen-bond donors (Lipinski definition) is 1. The summed E-state index contributed by atoms with van der Waals surface area (Å²) in [4.78, 5) is 33.4. The van der Waals surface area contributed by atoms with Crippen molar-refractivity contribution in [3.8, 4) is 0 Å². The SMILES string of the molecule is C=C(CC(=O)O)C(=O)OC(=O)CCCCCCC/C=C\CCCCCCCC. The standard InChI is InChI=1S/C23H38O5/c1-3-4-5-6-7-8-9-10-11-12-13-14-15-16-17-18-22(26)28-23(27)20(2)19-21(24)25/h10-11H,2-9,12-19H2,1H3,(H,24,25)/b11-10-. The second kappa shape index (κ2) is 18.5. The summed E-state index contributed by atoms with van der Waals surface area (Å²) in [6, 6.07) is 0. The highest BCUT2D eigenvalue weighted by Gasteiger charge is 2.16. The Bertz CT molecular complexity index is 493. The van der Waals surface area contributed by atoms with E-state index in [0.717, 1.165) is 32.1 Å². The molecule has 0 spiro atoms. The molecule has 0 bridgehead atoms. The number of allylic oxidation sites excluding steroid dienone is 2. The van der Waals surface area contributed by atoms with Gasteiger partial charge in [-0.1, -0.05) is 77.0 Å². The molecular formula is C23H38O5. The Hall–Kier alpha value is -1.91. The molecule has 0 aliphatic heterocycles. The number of carboxylic acid groups (broad SMARTS) is 1. The fourth-order valence-electron chi connectivity index (χ4n) is 2.82. The predicted octanol–water partition coefficient (Wildman–Crippen LogP) is 6.12. The van der Waals surface area contributed by atoms with Crippen LogP contribution in [-0.4, -0.2) is 23.0 Å². The van der Waals surface area contributed by atoms with Crippen LogP contribution in [0.3, 0.4) is 0 Å². The van der Waals surface area contributed by atoms with Crippen molar-refractivity contribution in [1.29, 1.82) is 0 Å². The Morgan fingerprint density at radius 1 is 0.821 bits per heavy atom. The molecule has 0 aromatic rings. The Morgan fingerprint density at radius 2 is 1.32 bits per heavy atom. The molecule has 0 aliphatic rings. The number of carboxylic acids is 1. The van der Waals surface area contributed by atoms with Gasteiger partial charge in [-0.2, -0.15) is 0 Å². The highest BCUT2D eigenvalue weighted by Crippen LogP contribution is 2.11. The number of rotatable bonds is 18. The van der Waals surface area contributed by atoms with Gasteiger partial charge in [-0.05, 0) is 32.1 Å². The van der Waals surface area contributed by atoms with Gasteiger partial charge in [0.1, 0.15) is 0 Å². The van der Waals surface area contributed by atoms with E-state index < -0.39 is 24.3 Å². The number of carbonyl (C=O) groups excluding carboxylic acids is 2. The van der Waals surface area contributed by atoms with Crippen molar-refractivity contribution in [2.24, 2.45) is 0 Å². The van der Waals surface area contributed by atoms with Crippen LogP contribution in [0.15, 0.2) is 24.3 Å². The highest BCUT2D eigenvalue weighted by molar-refractivity contribution is 5.98. The molecular weight excluding hydrogens is 356 g/mol. The number of hydrogen-bond acceptors (Lipinski definition) is 4. The van der Waals surface area contributed by atoms with Gasteiger partial charge in [0.2, 0.25) is 0 Å². The third-order valence-electron chi connectivity index (χ3n) is 4.50. The Morgan fingerprint density at radius 3 is 1.86 bits per heavy atom. The van der Waals surface area contributed by atoms with E-state index >= 15 is 0 Å². The van der Waals surface area contributed by atoms with Crippen LogP contribution in [0.2, 0.25) is 0 Å². The lowest BCUT2D eigenvalue weighted by atomic mass is 10.1. The lowest BCUT2D eigenvalue weighted by Gasteiger charge is -2.04. The molecule has 0 aliphatic carbocycles. The predicted molar refractivity (Wildman–Crippen MR) is 112 cm³/mol. The fraction of sp³-hybridized carbons (Fsp3) is 0.696. The van der Waals surface area contributed by atoms with Crippen LogP contribution < -0.4 is 0 Å². The Balaban J connectivity index is 3.46. The van der Waals surface area contributed by atoms with Crippen molar-refractivity contribution in [2.75, 3.05) is 0 Å². The van der Waals surface area contributed by atoms with Crippen LogP contribution in [-0.2, 0) is 19.1 Å². The van der Waals surface area contributed by atoms with E-state index in [1.54, 1.807) is 0 Å². The van der Waals surface area contributed by atoms with Gasteiger partial charge < -0.3 is 9.84 Å². The van der Waals surface area contributed by atoms with Crippen molar-refractivity contribution < 1.29 is 24.2 Å². The summed E-state index contributed by atoms with van der Waals surface area (Å²) in [5.74, 6) is -2.74. The van der Waals surface area contributed by atoms with Crippen LogP contribution in [0.1, 0.15) is 103 Å². The molecule has 0 amide bonds. The molecule has 28 heavy (non-hydrogen) atoms. The van der Waals surface area contributed by atoms with E-state index in [2.05, 4.69) is 30.4 Å². The molecule has 160 valence electrons. The smallest absolute Gasteiger partial charge is 0.341 e. The molecule has 0 atom stereocenters. The number of ether oxygens (including phenoxy) is 1. The van der Waals surface area contributed by atoms with Gasteiger partial charge in [-0.25, -0.2) is 4.79 Å². The van der Waals surface area contributed by atoms with E-state index in [1.165, 1.54) is 44.9 Å². The molecule has 0 rings (SSSR count). The third kappa shape index (κ3) is 17.5. The summed E-state index contributed by atoms with van der Waals surface area (Å²) in [6.07, 6.45) is 19.5. The minimum Gasteiger partial charge on any atom is -0.481 e. The Labute approximate surface area is 170 Å². The molecule has 0 radical (unpaired) electrons. The van der Waals surface area contributed by atoms with Gasteiger partial charge in [-0.3, -0.25) is 9.59 Å². The fourth-order valence-corrected chi connectivity index (χ4v) is 2.82. The molecule has 0 aromatic heterocycles. The molecule has 1 N–H and O–H groups in total. The van der Waals surface area contributed by atoms with Crippen molar-refractivity contribution in [1.82, 2.24) is 0 Å². The van der Waals surface area contributed by atoms with Gasteiger partial charge in [0, 0.05) is 12.0 Å². The van der Waals surface area contributed by atoms with Gasteiger partial charge in [0.15, 0.2) is 0 Å². The normalized spacial score (nSPS) is 10.9. The summed E-state index contributed by atoms with van der Waals surface area (Å²) < 4.78 is 4.58. The molecule has 5 heteroatoms. The molecule has 5 nitrogen and oxygen atoms in total. The second-order valence-electron chi connectivity index (χ2n) is 7.27. The van der Waals surface area contributed by atoms with Gasteiger partial charge in [-0.15, -0.1) is 0 Å². The van der Waals surface area contributed by atoms with E-state index in [-0.39, 0.29) is 12.0 Å². The lowest BCUT2D eigenvalue weighted by molar-refractivity contribution is -0.157. The van der Waals surface area contributed by atoms with Gasteiger partial charge in [0.05, 0.1) is 6.42 Å². The highest BCUT2D eigenvalue weighted by atomic mass is 16.6. The lowest BCUT2D eigenvalue weighted by Crippen LogP contribution is -2.15. The molecule has 0 saturated heterocycles. The molecule has 0 saturated carbocycles. The third-order valence-corrected chi connectivity index (χ3v) is 4.50. The largest absolute Gasteiger partial charge is 0.481 e. The van der Waals surface area contributed by atoms with Crippen molar-refractivity contribution >= 4 is 17.9 Å². The maximum atomic E-state index is 11.5. The zero-order valence-corrected chi connectivity index (χ0v) is 17.5. The first-order chi connectivity index (χ1) is 13.5. The summed E-state index contributed by atoms with van der Waals surface area (Å²) in [6.45, 7) is 5.55. The molecule has 0 fully saturated rings. The van der Waals surface area contributed by atoms with Crippen molar-refractivity contribution in [2.45, 2.75) is 103 Å². The first kappa shape index (κ1) is 26.1. The topological polar surface area (TPSA) is 80.7 Å². The number of carbonyl (C=O) groups is 3. The Kier molecular flexibility index (Phi) is 17.2. The summed E-state index contributed by atoms with van der Waals surface area (Å²) >= 11 is 0. The summed E-state index contributed by atoms with van der Waals surface area (Å²) in [5.41, 5.74) is -0.217. The number of esters is 2. The average Bonchev–Trinajstić information content (AvgIpc) is 2.64. The molecule has 0 aromatic carbocycles. The van der Waals surface area contributed by atoms with Crippen molar-refractivity contribution in [3.63, 3.8) is 0 Å². The van der Waals surface area contributed by atoms with Gasteiger partial charge in [0.25, 0.3) is 0 Å². The second-order valence-corrected chi connectivity index (χ2v) is 7.27. The van der Waals surface area contributed by atoms with Crippen LogP contribution >= 0.6 is 0 Å². The average molecular weight is 395 g/mol.